The summed E-state index contributed by atoms with van der Waals surface area (Å²) in [5.41, 5.74) is 0.937. The number of imide groups is 1. The number of aryl methyl sites for hydroxylation is 1. The third-order valence-electron chi connectivity index (χ3n) is 5.01. The number of anilines is 1. The van der Waals surface area contributed by atoms with Crippen LogP contribution in [0.4, 0.5) is 10.5 Å². The average Bonchev–Trinajstić information content (AvgIpc) is 3.36. The lowest BCUT2D eigenvalue weighted by Crippen LogP contribution is -2.47. The van der Waals surface area contributed by atoms with Crippen molar-refractivity contribution < 1.29 is 14.4 Å². The second-order valence-electron chi connectivity index (χ2n) is 6.72. The number of benzene rings is 1. The second-order valence-corrected chi connectivity index (χ2v) is 6.72. The van der Waals surface area contributed by atoms with Crippen molar-refractivity contribution in [2.45, 2.75) is 39.2 Å². The molecule has 0 bridgehead atoms. The fourth-order valence-electron chi connectivity index (χ4n) is 3.36. The molecule has 0 aromatic heterocycles. The van der Waals surface area contributed by atoms with E-state index in [-0.39, 0.29) is 24.3 Å². The Labute approximate surface area is 141 Å². The van der Waals surface area contributed by atoms with E-state index in [0.717, 1.165) is 29.0 Å². The number of urea groups is 1. The summed E-state index contributed by atoms with van der Waals surface area (Å²) in [6.07, 6.45) is 1.88. The third kappa shape index (κ3) is 2.66. The Bertz CT molecular complexity index is 699. The van der Waals surface area contributed by atoms with Gasteiger partial charge in [-0.1, -0.05) is 18.2 Å². The molecule has 1 aliphatic carbocycles. The van der Waals surface area contributed by atoms with E-state index >= 15 is 0 Å². The van der Waals surface area contributed by atoms with E-state index in [1.807, 2.05) is 38.1 Å². The highest BCUT2D eigenvalue weighted by atomic mass is 16.2. The van der Waals surface area contributed by atoms with E-state index in [1.165, 1.54) is 0 Å². The maximum absolute atomic E-state index is 12.7. The fourth-order valence-corrected chi connectivity index (χ4v) is 3.36. The number of hydrogen-bond donors (Lipinski definition) is 1. The van der Waals surface area contributed by atoms with Gasteiger partial charge < -0.3 is 10.2 Å². The minimum atomic E-state index is -0.850. The monoisotopic (exact) mass is 329 g/mol. The summed E-state index contributed by atoms with van der Waals surface area (Å²) in [5.74, 6) is -0.354. The first-order valence-electron chi connectivity index (χ1n) is 8.38. The summed E-state index contributed by atoms with van der Waals surface area (Å²) in [4.78, 5) is 40.2. The Morgan fingerprint density at radius 1 is 1.33 bits per heavy atom. The van der Waals surface area contributed by atoms with Crippen LogP contribution in [0.15, 0.2) is 24.3 Å². The normalized spacial score (nSPS) is 23.4. The maximum Gasteiger partial charge on any atom is 0.325 e. The lowest BCUT2D eigenvalue weighted by molar-refractivity contribution is -0.134. The molecule has 1 atom stereocenters. The van der Waals surface area contributed by atoms with E-state index in [2.05, 4.69) is 5.32 Å². The van der Waals surface area contributed by atoms with Crippen LogP contribution in [0.1, 0.15) is 32.3 Å². The van der Waals surface area contributed by atoms with Gasteiger partial charge >= 0.3 is 6.03 Å². The van der Waals surface area contributed by atoms with Gasteiger partial charge in [-0.25, -0.2) is 4.79 Å². The van der Waals surface area contributed by atoms with Gasteiger partial charge in [0.15, 0.2) is 0 Å². The molecule has 0 radical (unpaired) electrons. The van der Waals surface area contributed by atoms with Gasteiger partial charge in [-0.3, -0.25) is 14.5 Å². The van der Waals surface area contributed by atoms with Crippen LogP contribution >= 0.6 is 0 Å². The lowest BCUT2D eigenvalue weighted by atomic mass is 9.96. The van der Waals surface area contributed by atoms with Crippen molar-refractivity contribution in [2.24, 2.45) is 5.92 Å². The first-order valence-corrected chi connectivity index (χ1v) is 8.38. The van der Waals surface area contributed by atoms with Gasteiger partial charge in [-0.15, -0.1) is 0 Å². The highest BCUT2D eigenvalue weighted by Crippen LogP contribution is 2.42. The zero-order valence-electron chi connectivity index (χ0n) is 14.3. The number of nitrogens with zero attached hydrogens (tertiary/aromatic N) is 2. The molecule has 24 heavy (non-hydrogen) atoms. The molecule has 1 N–H and O–H groups in total. The minimum absolute atomic E-state index is 0.188. The zero-order chi connectivity index (χ0) is 17.5. The van der Waals surface area contributed by atoms with Crippen LogP contribution in [-0.4, -0.2) is 41.4 Å². The van der Waals surface area contributed by atoms with Crippen molar-refractivity contribution in [3.05, 3.63) is 29.8 Å². The van der Waals surface area contributed by atoms with Crippen molar-refractivity contribution >= 4 is 23.5 Å². The fraction of sp³-hybridized carbons (Fsp3) is 0.500. The summed E-state index contributed by atoms with van der Waals surface area (Å²) in [6.45, 7) is 5.82. The van der Waals surface area contributed by atoms with Gasteiger partial charge in [-0.05, 0) is 51.2 Å². The quantitative estimate of drug-likeness (QED) is 0.841. The second kappa shape index (κ2) is 5.92. The molecule has 6 nitrogen and oxygen atoms in total. The molecule has 3 rings (SSSR count). The third-order valence-corrected chi connectivity index (χ3v) is 5.01. The van der Waals surface area contributed by atoms with Gasteiger partial charge in [0, 0.05) is 12.2 Å². The number of nitrogens with one attached hydrogen (secondary N) is 1. The number of carbonyl (C=O) groups excluding carboxylic acids is 3. The van der Waals surface area contributed by atoms with Crippen molar-refractivity contribution in [3.63, 3.8) is 0 Å². The maximum atomic E-state index is 12.7. The molecule has 1 aromatic carbocycles. The number of para-hydroxylation sites is 1. The SMILES string of the molecule is CCN(C(=O)CN1C(=O)NC(C)(C2CC2)C1=O)c1ccccc1C. The van der Waals surface area contributed by atoms with Gasteiger partial charge in [0.1, 0.15) is 12.1 Å². The summed E-state index contributed by atoms with van der Waals surface area (Å²) in [5, 5.41) is 2.77. The van der Waals surface area contributed by atoms with Crippen LogP contribution in [0.2, 0.25) is 0 Å². The van der Waals surface area contributed by atoms with Crippen LogP contribution in [0.5, 0.6) is 0 Å². The summed E-state index contributed by atoms with van der Waals surface area (Å²) in [7, 11) is 0. The molecule has 1 heterocycles. The number of likely N-dealkylation sites (N-methyl/N-ethyl adjacent to an activating group) is 1. The highest BCUT2D eigenvalue weighted by molar-refractivity contribution is 6.10. The van der Waals surface area contributed by atoms with E-state index in [4.69, 9.17) is 0 Å². The molecule has 1 unspecified atom stereocenters. The topological polar surface area (TPSA) is 69.7 Å². The minimum Gasteiger partial charge on any atom is -0.323 e. The van der Waals surface area contributed by atoms with E-state index < -0.39 is 11.6 Å². The van der Waals surface area contributed by atoms with Crippen LogP contribution in [0.25, 0.3) is 0 Å². The lowest BCUT2D eigenvalue weighted by Gasteiger charge is -2.25. The van der Waals surface area contributed by atoms with Crippen LogP contribution in [0.3, 0.4) is 0 Å². The van der Waals surface area contributed by atoms with Crippen LogP contribution < -0.4 is 10.2 Å². The molecule has 1 aliphatic heterocycles. The molecule has 1 saturated carbocycles. The molecular formula is C18H23N3O3. The van der Waals surface area contributed by atoms with Gasteiger partial charge in [0.05, 0.1) is 0 Å². The van der Waals surface area contributed by atoms with E-state index in [1.54, 1.807) is 11.8 Å². The summed E-state index contributed by atoms with van der Waals surface area (Å²) in [6, 6.07) is 7.12. The van der Waals surface area contributed by atoms with Crippen LogP contribution in [0, 0.1) is 12.8 Å². The number of amides is 4. The Morgan fingerprint density at radius 2 is 2.00 bits per heavy atom. The molecule has 4 amide bonds. The first-order chi connectivity index (χ1) is 11.4. The summed E-state index contributed by atoms with van der Waals surface area (Å²) >= 11 is 0. The Balaban J connectivity index is 1.77. The number of carbonyl (C=O) groups is 3. The molecule has 128 valence electrons. The Kier molecular flexibility index (Phi) is 4.07. The molecule has 0 spiro atoms. The van der Waals surface area contributed by atoms with Crippen LogP contribution in [-0.2, 0) is 9.59 Å². The number of rotatable bonds is 5. The van der Waals surface area contributed by atoms with Crippen molar-refractivity contribution in [2.75, 3.05) is 18.0 Å². The van der Waals surface area contributed by atoms with Crippen molar-refractivity contribution in [3.8, 4) is 0 Å². The van der Waals surface area contributed by atoms with Gasteiger partial charge in [0.2, 0.25) is 5.91 Å². The van der Waals surface area contributed by atoms with Gasteiger partial charge in [-0.2, -0.15) is 0 Å². The summed E-state index contributed by atoms with van der Waals surface area (Å²) < 4.78 is 0. The van der Waals surface area contributed by atoms with E-state index in [0.29, 0.717) is 6.54 Å². The standard InChI is InChI=1S/C18H23N3O3/c1-4-20(14-8-6-5-7-12(14)2)15(22)11-21-16(23)18(3,13-9-10-13)19-17(21)24/h5-8,13H,4,9-11H2,1-3H3,(H,19,24). The Hall–Kier alpha value is -2.37. The number of hydrogen-bond acceptors (Lipinski definition) is 3. The molecule has 6 heteroatoms. The molecule has 2 fully saturated rings. The van der Waals surface area contributed by atoms with Crippen molar-refractivity contribution in [1.82, 2.24) is 10.2 Å². The molecule has 1 saturated heterocycles. The van der Waals surface area contributed by atoms with Crippen molar-refractivity contribution in [1.29, 1.82) is 0 Å². The molecule has 1 aromatic rings. The zero-order valence-corrected chi connectivity index (χ0v) is 14.3. The predicted molar refractivity (Wildman–Crippen MR) is 90.6 cm³/mol. The van der Waals surface area contributed by atoms with E-state index in [9.17, 15) is 14.4 Å². The van der Waals surface area contributed by atoms with Gasteiger partial charge in [0.25, 0.3) is 5.91 Å². The predicted octanol–water partition coefficient (Wildman–Crippen LogP) is 2.07. The average molecular weight is 329 g/mol. The molecular weight excluding hydrogens is 306 g/mol. The Morgan fingerprint density at radius 3 is 2.58 bits per heavy atom. The largest absolute Gasteiger partial charge is 0.325 e. The highest BCUT2D eigenvalue weighted by Gasteiger charge is 2.56. The first kappa shape index (κ1) is 16.5. The smallest absolute Gasteiger partial charge is 0.323 e. The molecule has 2 aliphatic rings.